The Labute approximate surface area is 153 Å². The molecule has 0 atom stereocenters. The van der Waals surface area contributed by atoms with Gasteiger partial charge in [-0.2, -0.15) is 5.10 Å². The van der Waals surface area contributed by atoms with Crippen molar-refractivity contribution in [1.29, 1.82) is 0 Å². The van der Waals surface area contributed by atoms with E-state index in [1.807, 2.05) is 0 Å². The number of carbonyl (C=O) groups excluding carboxylic acids is 1. The molecule has 1 N–H and O–H groups in total. The van der Waals surface area contributed by atoms with Gasteiger partial charge in [-0.05, 0) is 25.1 Å². The van der Waals surface area contributed by atoms with Crippen LogP contribution in [0.4, 0.5) is 11.4 Å². The fourth-order valence-electron chi connectivity index (χ4n) is 2.46. The molecule has 0 radical (unpaired) electrons. The highest BCUT2D eigenvalue weighted by molar-refractivity contribution is 7.92. The molecule has 0 spiro atoms. The molecule has 140 valence electrons. The Bertz CT molecular complexity index is 1140. The van der Waals surface area contributed by atoms with Crippen molar-refractivity contribution in [3.05, 3.63) is 64.5 Å². The zero-order chi connectivity index (χ0) is 19.6. The highest BCUT2D eigenvalue weighted by Gasteiger charge is 2.25. The van der Waals surface area contributed by atoms with E-state index < -0.39 is 31.5 Å². The van der Waals surface area contributed by atoms with Crippen LogP contribution in [0.2, 0.25) is 0 Å². The summed E-state index contributed by atoms with van der Waals surface area (Å²) >= 11 is 0. The minimum atomic E-state index is -4.22. The third-order valence-corrected chi connectivity index (χ3v) is 5.05. The van der Waals surface area contributed by atoms with Gasteiger partial charge in [-0.15, -0.1) is 0 Å². The van der Waals surface area contributed by atoms with Crippen molar-refractivity contribution in [1.82, 2.24) is 9.61 Å². The largest absolute Gasteiger partial charge is 0.462 e. The van der Waals surface area contributed by atoms with Crippen LogP contribution < -0.4 is 4.72 Å². The number of nitrogens with zero attached hydrogens (tertiary/aromatic N) is 3. The zero-order valence-corrected chi connectivity index (χ0v) is 14.8. The summed E-state index contributed by atoms with van der Waals surface area (Å²) in [4.78, 5) is 21.8. The molecule has 0 amide bonds. The van der Waals surface area contributed by atoms with E-state index in [-0.39, 0.29) is 17.9 Å². The van der Waals surface area contributed by atoms with Crippen LogP contribution in [0.15, 0.2) is 53.7 Å². The number of para-hydroxylation sites is 1. The maximum atomic E-state index is 12.6. The van der Waals surface area contributed by atoms with E-state index in [1.165, 1.54) is 41.2 Å². The number of nitro benzene ring substituents is 1. The maximum Gasteiger partial charge on any atom is 0.341 e. The van der Waals surface area contributed by atoms with Gasteiger partial charge in [0, 0.05) is 12.3 Å². The molecule has 0 aliphatic rings. The van der Waals surface area contributed by atoms with Gasteiger partial charge in [-0.25, -0.2) is 17.7 Å². The van der Waals surface area contributed by atoms with E-state index in [9.17, 15) is 23.3 Å². The van der Waals surface area contributed by atoms with Gasteiger partial charge in [0.25, 0.3) is 15.7 Å². The Kier molecular flexibility index (Phi) is 4.77. The Morgan fingerprint density at radius 2 is 2.07 bits per heavy atom. The maximum absolute atomic E-state index is 12.6. The van der Waals surface area contributed by atoms with E-state index in [0.717, 1.165) is 12.1 Å². The Balaban J connectivity index is 2.00. The molecule has 2 heterocycles. The molecule has 0 aliphatic heterocycles. The fourth-order valence-corrected chi connectivity index (χ4v) is 3.68. The van der Waals surface area contributed by atoms with Crippen LogP contribution in [-0.2, 0) is 14.8 Å². The second-order valence-electron chi connectivity index (χ2n) is 5.35. The number of nitro groups is 1. The summed E-state index contributed by atoms with van der Waals surface area (Å²) in [5.74, 6) is -0.591. The molecule has 3 aromatic rings. The lowest BCUT2D eigenvalue weighted by Gasteiger charge is -2.09. The first-order valence-corrected chi connectivity index (χ1v) is 9.22. The second-order valence-corrected chi connectivity index (χ2v) is 7.01. The lowest BCUT2D eigenvalue weighted by molar-refractivity contribution is -0.387. The molecule has 0 unspecified atom stereocenters. The summed E-state index contributed by atoms with van der Waals surface area (Å²) < 4.78 is 33.8. The molecule has 10 nitrogen and oxygen atoms in total. The molecule has 2 aromatic heterocycles. The van der Waals surface area contributed by atoms with Crippen LogP contribution in [0, 0.1) is 10.1 Å². The minimum Gasteiger partial charge on any atom is -0.462 e. The van der Waals surface area contributed by atoms with Gasteiger partial charge in [-0.3, -0.25) is 14.8 Å². The van der Waals surface area contributed by atoms with Crippen molar-refractivity contribution in [3.8, 4) is 0 Å². The van der Waals surface area contributed by atoms with Crippen LogP contribution in [0.1, 0.15) is 17.3 Å². The number of sulfonamides is 1. The van der Waals surface area contributed by atoms with E-state index in [2.05, 4.69) is 9.82 Å². The van der Waals surface area contributed by atoms with Crippen molar-refractivity contribution >= 4 is 32.9 Å². The zero-order valence-electron chi connectivity index (χ0n) is 14.0. The number of nitrogens with one attached hydrogen (secondary N) is 1. The van der Waals surface area contributed by atoms with Crippen molar-refractivity contribution in [3.63, 3.8) is 0 Å². The van der Waals surface area contributed by atoms with Gasteiger partial charge in [-0.1, -0.05) is 12.1 Å². The molecule has 3 rings (SSSR count). The van der Waals surface area contributed by atoms with Crippen molar-refractivity contribution in [2.24, 2.45) is 0 Å². The molecule has 0 fully saturated rings. The van der Waals surface area contributed by atoms with Crippen LogP contribution in [0.25, 0.3) is 5.52 Å². The average molecular weight is 390 g/mol. The highest BCUT2D eigenvalue weighted by atomic mass is 32.2. The van der Waals surface area contributed by atoms with Gasteiger partial charge < -0.3 is 4.74 Å². The number of aromatic nitrogens is 2. The third-order valence-electron chi connectivity index (χ3n) is 3.62. The number of pyridine rings is 1. The normalized spacial score (nSPS) is 11.3. The topological polar surface area (TPSA) is 133 Å². The number of esters is 1. The number of benzene rings is 1. The van der Waals surface area contributed by atoms with Crippen molar-refractivity contribution in [2.75, 3.05) is 11.3 Å². The van der Waals surface area contributed by atoms with Gasteiger partial charge in [0.15, 0.2) is 4.90 Å². The first-order chi connectivity index (χ1) is 12.8. The number of ether oxygens (including phenoxy) is 1. The van der Waals surface area contributed by atoms with Gasteiger partial charge in [0.2, 0.25) is 0 Å². The smallest absolute Gasteiger partial charge is 0.341 e. The summed E-state index contributed by atoms with van der Waals surface area (Å²) in [5, 5.41) is 15.1. The standard InChI is InChI=1S/C16H14N4O6S/c1-2-26-16(21)12-10-17-19-8-7-11(9-14(12)19)18-27(24,25)15-6-4-3-5-13(15)20(22)23/h3-10,18H,2H2,1H3. The second kappa shape index (κ2) is 7.03. The number of carbonyl (C=O) groups is 1. The fraction of sp³-hybridized carbons (Fsp3) is 0.125. The molecule has 1 aromatic carbocycles. The number of hydrogen-bond acceptors (Lipinski definition) is 7. The quantitative estimate of drug-likeness (QED) is 0.387. The summed E-state index contributed by atoms with van der Waals surface area (Å²) in [6.45, 7) is 1.84. The van der Waals surface area contributed by atoms with Gasteiger partial charge in [0.1, 0.15) is 5.56 Å². The van der Waals surface area contributed by atoms with E-state index in [1.54, 1.807) is 6.92 Å². The van der Waals surface area contributed by atoms with Gasteiger partial charge in [0.05, 0.1) is 28.9 Å². The molecule has 0 saturated carbocycles. The summed E-state index contributed by atoms with van der Waals surface area (Å²) in [5.41, 5.74) is 0.0779. The Hall–Kier alpha value is -3.47. The Morgan fingerprint density at radius 3 is 2.78 bits per heavy atom. The van der Waals surface area contributed by atoms with Crippen LogP contribution in [0.5, 0.6) is 0 Å². The highest BCUT2D eigenvalue weighted by Crippen LogP contribution is 2.26. The molecule has 0 saturated heterocycles. The predicted molar refractivity (Wildman–Crippen MR) is 95.1 cm³/mol. The number of hydrogen-bond donors (Lipinski definition) is 1. The lowest BCUT2D eigenvalue weighted by Crippen LogP contribution is -2.15. The average Bonchev–Trinajstić information content (AvgIpc) is 3.05. The van der Waals surface area contributed by atoms with Crippen LogP contribution in [0.3, 0.4) is 0 Å². The van der Waals surface area contributed by atoms with Crippen LogP contribution in [-0.4, -0.2) is 35.5 Å². The summed E-state index contributed by atoms with van der Waals surface area (Å²) in [6, 6.07) is 7.82. The molecule has 11 heteroatoms. The molecule has 0 aliphatic carbocycles. The van der Waals surface area contributed by atoms with Gasteiger partial charge >= 0.3 is 5.97 Å². The predicted octanol–water partition coefficient (Wildman–Crippen LogP) is 2.22. The number of anilines is 1. The van der Waals surface area contributed by atoms with Crippen molar-refractivity contribution < 1.29 is 22.9 Å². The lowest BCUT2D eigenvalue weighted by atomic mass is 10.2. The first kappa shape index (κ1) is 18.3. The first-order valence-electron chi connectivity index (χ1n) is 7.74. The SMILES string of the molecule is CCOC(=O)c1cnn2ccc(NS(=O)(=O)c3ccccc3[N+](=O)[O-])cc12. The summed E-state index contributed by atoms with van der Waals surface area (Å²) in [6.07, 6.45) is 2.77. The molecule has 0 bridgehead atoms. The van der Waals surface area contributed by atoms with Crippen LogP contribution >= 0.6 is 0 Å². The molecule has 27 heavy (non-hydrogen) atoms. The monoisotopic (exact) mass is 390 g/mol. The Morgan fingerprint density at radius 1 is 1.33 bits per heavy atom. The number of fused-ring (bicyclic) bond motifs is 1. The number of rotatable bonds is 6. The van der Waals surface area contributed by atoms with E-state index in [4.69, 9.17) is 4.74 Å². The third kappa shape index (κ3) is 3.58. The van der Waals surface area contributed by atoms with Crippen molar-refractivity contribution in [2.45, 2.75) is 11.8 Å². The minimum absolute atomic E-state index is 0.117. The molecular formula is C16H14N4O6S. The molecular weight excluding hydrogens is 376 g/mol. The van der Waals surface area contributed by atoms with E-state index in [0.29, 0.717) is 5.52 Å². The summed E-state index contributed by atoms with van der Waals surface area (Å²) in [7, 11) is -4.22. The van der Waals surface area contributed by atoms with E-state index >= 15 is 0 Å².